The van der Waals surface area contributed by atoms with Crippen LogP contribution in [0.5, 0.6) is 0 Å². The van der Waals surface area contributed by atoms with Crippen molar-refractivity contribution in [3.05, 3.63) is 11.6 Å². The monoisotopic (exact) mass is 222 g/mol. The lowest BCUT2D eigenvalue weighted by Crippen LogP contribution is -2.24. The summed E-state index contributed by atoms with van der Waals surface area (Å²) in [5, 5.41) is 18.3. The van der Waals surface area contributed by atoms with Crippen LogP contribution in [-0.4, -0.2) is 38.4 Å². The van der Waals surface area contributed by atoms with E-state index in [1.165, 1.54) is 6.42 Å². The predicted molar refractivity (Wildman–Crippen MR) is 58.8 cm³/mol. The molecule has 5 heteroatoms. The maximum Gasteiger partial charge on any atom is 0.162 e. The van der Waals surface area contributed by atoms with Gasteiger partial charge in [0.05, 0.1) is 6.04 Å². The molecule has 1 aromatic heterocycles. The van der Waals surface area contributed by atoms with Crippen LogP contribution in [0.15, 0.2) is 0 Å². The van der Waals surface area contributed by atoms with Crippen molar-refractivity contribution in [3.8, 4) is 0 Å². The van der Waals surface area contributed by atoms with Crippen molar-refractivity contribution in [2.75, 3.05) is 13.6 Å². The number of fused-ring (bicyclic) bond motifs is 1. The van der Waals surface area contributed by atoms with Gasteiger partial charge in [0, 0.05) is 6.54 Å². The summed E-state index contributed by atoms with van der Waals surface area (Å²) in [5.41, 5.74) is 0. The minimum atomic E-state index is -0.415. The summed E-state index contributed by atoms with van der Waals surface area (Å²) >= 11 is 0. The molecular weight excluding hydrogens is 204 g/mol. The van der Waals surface area contributed by atoms with Gasteiger partial charge in [0.2, 0.25) is 0 Å². The molecule has 5 nitrogen and oxygen atoms in total. The molecule has 0 aliphatic carbocycles. The number of aliphatic hydroxyl groups is 1. The first-order valence-corrected chi connectivity index (χ1v) is 6.08. The summed E-state index contributed by atoms with van der Waals surface area (Å²) < 4.78 is 2.13. The second-order valence-electron chi connectivity index (χ2n) is 4.86. The third kappa shape index (κ3) is 1.46. The fourth-order valence-electron chi connectivity index (χ4n) is 2.86. The SMILES string of the molecule is CN1CCCC1c1nnc2n1CCCC2O. The molecule has 1 aromatic rings. The second kappa shape index (κ2) is 3.82. The summed E-state index contributed by atoms with van der Waals surface area (Å²) in [6.45, 7) is 2.09. The van der Waals surface area contributed by atoms with Crippen molar-refractivity contribution in [2.24, 2.45) is 0 Å². The Morgan fingerprint density at radius 1 is 1.12 bits per heavy atom. The van der Waals surface area contributed by atoms with E-state index in [2.05, 4.69) is 26.7 Å². The first kappa shape index (κ1) is 10.2. The maximum absolute atomic E-state index is 9.85. The van der Waals surface area contributed by atoms with E-state index in [-0.39, 0.29) is 0 Å². The van der Waals surface area contributed by atoms with Gasteiger partial charge in [0.25, 0.3) is 0 Å². The zero-order valence-corrected chi connectivity index (χ0v) is 9.63. The number of rotatable bonds is 1. The van der Waals surface area contributed by atoms with E-state index in [9.17, 15) is 5.11 Å². The number of aromatic nitrogens is 3. The average Bonchev–Trinajstić information content (AvgIpc) is 2.84. The highest BCUT2D eigenvalue weighted by atomic mass is 16.3. The summed E-state index contributed by atoms with van der Waals surface area (Å²) in [6, 6.07) is 0.395. The highest BCUT2D eigenvalue weighted by Gasteiger charge is 2.31. The normalized spacial score (nSPS) is 30.6. The molecule has 0 saturated carbocycles. The third-order valence-electron chi connectivity index (χ3n) is 3.78. The second-order valence-corrected chi connectivity index (χ2v) is 4.86. The van der Waals surface area contributed by atoms with Crippen LogP contribution in [0.1, 0.15) is 49.5 Å². The maximum atomic E-state index is 9.85. The van der Waals surface area contributed by atoms with Gasteiger partial charge in [0.15, 0.2) is 5.82 Å². The quantitative estimate of drug-likeness (QED) is 0.766. The van der Waals surface area contributed by atoms with Crippen LogP contribution in [-0.2, 0) is 6.54 Å². The van der Waals surface area contributed by atoms with E-state index in [1.807, 2.05) is 0 Å². The Labute approximate surface area is 95.1 Å². The molecular formula is C11H18N4O. The van der Waals surface area contributed by atoms with Crippen LogP contribution in [0.25, 0.3) is 0 Å². The Bertz CT molecular complexity index is 389. The van der Waals surface area contributed by atoms with E-state index in [0.717, 1.165) is 44.0 Å². The Hall–Kier alpha value is -0.940. The lowest BCUT2D eigenvalue weighted by Gasteiger charge is -2.23. The fourth-order valence-corrected chi connectivity index (χ4v) is 2.86. The largest absolute Gasteiger partial charge is 0.385 e. The minimum Gasteiger partial charge on any atom is -0.385 e. The summed E-state index contributed by atoms with van der Waals surface area (Å²) in [6.07, 6.45) is 3.81. The molecule has 2 atom stereocenters. The first-order valence-electron chi connectivity index (χ1n) is 6.08. The Kier molecular flexibility index (Phi) is 2.44. The molecule has 2 unspecified atom stereocenters. The molecule has 3 rings (SSSR count). The van der Waals surface area contributed by atoms with Gasteiger partial charge in [-0.1, -0.05) is 0 Å². The van der Waals surface area contributed by atoms with Crippen molar-refractivity contribution >= 4 is 0 Å². The van der Waals surface area contributed by atoms with Gasteiger partial charge in [-0.3, -0.25) is 4.90 Å². The first-order chi connectivity index (χ1) is 7.77. The molecule has 3 heterocycles. The number of hydrogen-bond acceptors (Lipinski definition) is 4. The highest BCUT2D eigenvalue weighted by molar-refractivity contribution is 5.07. The molecule has 0 spiro atoms. The van der Waals surface area contributed by atoms with Crippen LogP contribution in [0, 0.1) is 0 Å². The average molecular weight is 222 g/mol. The van der Waals surface area contributed by atoms with Gasteiger partial charge in [-0.2, -0.15) is 0 Å². The minimum absolute atomic E-state index is 0.395. The van der Waals surface area contributed by atoms with Crippen molar-refractivity contribution in [1.29, 1.82) is 0 Å². The van der Waals surface area contributed by atoms with Gasteiger partial charge in [0.1, 0.15) is 11.9 Å². The van der Waals surface area contributed by atoms with Crippen LogP contribution < -0.4 is 0 Å². The molecule has 88 valence electrons. The summed E-state index contributed by atoms with van der Waals surface area (Å²) in [7, 11) is 2.14. The molecule has 16 heavy (non-hydrogen) atoms. The predicted octanol–water partition coefficient (Wildman–Crippen LogP) is 0.872. The topological polar surface area (TPSA) is 54.2 Å². The van der Waals surface area contributed by atoms with Gasteiger partial charge < -0.3 is 9.67 Å². The van der Waals surface area contributed by atoms with E-state index < -0.39 is 6.10 Å². The van der Waals surface area contributed by atoms with Crippen molar-refractivity contribution < 1.29 is 5.11 Å². The summed E-state index contributed by atoms with van der Waals surface area (Å²) in [4.78, 5) is 2.33. The molecule has 0 radical (unpaired) electrons. The van der Waals surface area contributed by atoms with Crippen molar-refractivity contribution in [1.82, 2.24) is 19.7 Å². The lowest BCUT2D eigenvalue weighted by molar-refractivity contribution is 0.131. The molecule has 2 aliphatic heterocycles. The standard InChI is InChI=1S/C11H18N4O/c1-14-6-2-4-8(14)10-12-13-11-9(16)5-3-7-15(10)11/h8-9,16H,2-7H2,1H3. The van der Waals surface area contributed by atoms with E-state index in [0.29, 0.717) is 6.04 Å². The Balaban J connectivity index is 1.96. The molecule has 0 aromatic carbocycles. The number of aliphatic hydroxyl groups excluding tert-OH is 1. The zero-order valence-electron chi connectivity index (χ0n) is 9.63. The molecule has 1 N–H and O–H groups in total. The molecule has 0 amide bonds. The number of likely N-dealkylation sites (tertiary alicyclic amines) is 1. The van der Waals surface area contributed by atoms with Crippen LogP contribution >= 0.6 is 0 Å². The Morgan fingerprint density at radius 2 is 1.88 bits per heavy atom. The van der Waals surface area contributed by atoms with Gasteiger partial charge >= 0.3 is 0 Å². The summed E-state index contributed by atoms with van der Waals surface area (Å²) in [5.74, 6) is 1.82. The fraction of sp³-hybridized carbons (Fsp3) is 0.818. The van der Waals surface area contributed by atoms with E-state index in [4.69, 9.17) is 0 Å². The zero-order chi connectivity index (χ0) is 11.1. The highest BCUT2D eigenvalue weighted by Crippen LogP contribution is 2.32. The van der Waals surface area contributed by atoms with Gasteiger partial charge in [-0.25, -0.2) is 0 Å². The smallest absolute Gasteiger partial charge is 0.162 e. The molecule has 2 aliphatic rings. The van der Waals surface area contributed by atoms with Crippen LogP contribution in [0.4, 0.5) is 0 Å². The number of hydrogen-bond donors (Lipinski definition) is 1. The molecule has 1 saturated heterocycles. The van der Waals surface area contributed by atoms with E-state index >= 15 is 0 Å². The van der Waals surface area contributed by atoms with Crippen LogP contribution in [0.3, 0.4) is 0 Å². The van der Waals surface area contributed by atoms with Crippen molar-refractivity contribution in [3.63, 3.8) is 0 Å². The van der Waals surface area contributed by atoms with Crippen LogP contribution in [0.2, 0.25) is 0 Å². The lowest BCUT2D eigenvalue weighted by atomic mass is 10.1. The Morgan fingerprint density at radius 3 is 2.62 bits per heavy atom. The van der Waals surface area contributed by atoms with E-state index in [1.54, 1.807) is 0 Å². The third-order valence-corrected chi connectivity index (χ3v) is 3.78. The molecule has 0 bridgehead atoms. The van der Waals surface area contributed by atoms with Gasteiger partial charge in [-0.15, -0.1) is 10.2 Å². The van der Waals surface area contributed by atoms with Gasteiger partial charge in [-0.05, 0) is 39.3 Å². The number of nitrogens with zero attached hydrogens (tertiary/aromatic N) is 4. The molecule has 1 fully saturated rings. The van der Waals surface area contributed by atoms with Crippen molar-refractivity contribution in [2.45, 2.75) is 44.4 Å².